The van der Waals surface area contributed by atoms with E-state index in [0.29, 0.717) is 5.02 Å². The summed E-state index contributed by atoms with van der Waals surface area (Å²) in [6, 6.07) is 10.3. The summed E-state index contributed by atoms with van der Waals surface area (Å²) < 4.78 is 39.5. The minimum absolute atomic E-state index is 0.0800. The molecule has 0 N–H and O–H groups in total. The molecule has 7 heteroatoms. The fourth-order valence-corrected chi connectivity index (χ4v) is 2.50. The number of nitrogens with zero attached hydrogens (tertiary/aromatic N) is 1. The van der Waals surface area contributed by atoms with Crippen molar-refractivity contribution in [2.75, 3.05) is 0 Å². The highest BCUT2D eigenvalue weighted by atomic mass is 35.5. The molecule has 0 fully saturated rings. The molecule has 0 saturated carbocycles. The van der Waals surface area contributed by atoms with Gasteiger partial charge in [-0.05, 0) is 42.3 Å². The zero-order valence-corrected chi connectivity index (χ0v) is 14.2. The SMILES string of the molecule is CC/C(=N\OCc1cccc(Cl)c1)c1cc(Cl)ccc1C(F)(F)F. The van der Waals surface area contributed by atoms with Crippen LogP contribution >= 0.6 is 23.2 Å². The van der Waals surface area contributed by atoms with Crippen LogP contribution in [-0.4, -0.2) is 5.71 Å². The average molecular weight is 376 g/mol. The summed E-state index contributed by atoms with van der Waals surface area (Å²) in [5.74, 6) is 0. The third-order valence-corrected chi connectivity index (χ3v) is 3.70. The second-order valence-corrected chi connectivity index (χ2v) is 5.86. The van der Waals surface area contributed by atoms with Crippen LogP contribution in [0.4, 0.5) is 13.2 Å². The minimum atomic E-state index is -4.50. The Labute approximate surface area is 147 Å². The number of hydrogen-bond donors (Lipinski definition) is 0. The van der Waals surface area contributed by atoms with Crippen LogP contribution in [0, 0.1) is 0 Å². The Bertz CT molecular complexity index is 745. The van der Waals surface area contributed by atoms with Crippen molar-refractivity contribution in [1.29, 1.82) is 0 Å². The summed E-state index contributed by atoms with van der Waals surface area (Å²) in [4.78, 5) is 5.21. The van der Waals surface area contributed by atoms with Crippen molar-refractivity contribution in [2.24, 2.45) is 5.16 Å². The van der Waals surface area contributed by atoms with Crippen molar-refractivity contribution in [3.05, 3.63) is 69.2 Å². The van der Waals surface area contributed by atoms with Crippen LogP contribution < -0.4 is 0 Å². The van der Waals surface area contributed by atoms with Gasteiger partial charge in [0, 0.05) is 15.6 Å². The van der Waals surface area contributed by atoms with E-state index < -0.39 is 11.7 Å². The van der Waals surface area contributed by atoms with Crippen molar-refractivity contribution < 1.29 is 18.0 Å². The van der Waals surface area contributed by atoms with Gasteiger partial charge in [0.1, 0.15) is 6.61 Å². The summed E-state index contributed by atoms with van der Waals surface area (Å²) in [6.45, 7) is 1.80. The van der Waals surface area contributed by atoms with E-state index in [-0.39, 0.29) is 29.3 Å². The van der Waals surface area contributed by atoms with Crippen molar-refractivity contribution >= 4 is 28.9 Å². The van der Waals surface area contributed by atoms with Gasteiger partial charge in [0.2, 0.25) is 0 Å². The second kappa shape index (κ2) is 7.90. The quantitative estimate of drug-likeness (QED) is 0.441. The van der Waals surface area contributed by atoms with Crippen molar-refractivity contribution in [2.45, 2.75) is 26.1 Å². The lowest BCUT2D eigenvalue weighted by Gasteiger charge is -2.14. The van der Waals surface area contributed by atoms with E-state index in [9.17, 15) is 13.2 Å². The van der Waals surface area contributed by atoms with Crippen molar-refractivity contribution in [3.63, 3.8) is 0 Å². The van der Waals surface area contributed by atoms with Crippen LogP contribution in [-0.2, 0) is 17.6 Å². The van der Waals surface area contributed by atoms with Gasteiger partial charge in [-0.1, -0.05) is 47.4 Å². The Morgan fingerprint density at radius 2 is 1.79 bits per heavy atom. The Morgan fingerprint density at radius 1 is 1.08 bits per heavy atom. The first-order valence-corrected chi connectivity index (χ1v) is 7.87. The molecule has 0 aromatic heterocycles. The summed E-state index contributed by atoms with van der Waals surface area (Å²) in [7, 11) is 0. The maximum Gasteiger partial charge on any atom is 0.417 e. The first-order valence-electron chi connectivity index (χ1n) is 7.11. The van der Waals surface area contributed by atoms with E-state index in [2.05, 4.69) is 5.16 Å². The summed E-state index contributed by atoms with van der Waals surface area (Å²) in [5.41, 5.74) is 0.0677. The predicted molar refractivity (Wildman–Crippen MR) is 89.5 cm³/mol. The van der Waals surface area contributed by atoms with Gasteiger partial charge < -0.3 is 4.84 Å². The van der Waals surface area contributed by atoms with Crippen LogP contribution in [0.25, 0.3) is 0 Å². The van der Waals surface area contributed by atoms with Crippen LogP contribution in [0.15, 0.2) is 47.6 Å². The largest absolute Gasteiger partial charge is 0.417 e. The fraction of sp³-hybridized carbons (Fsp3) is 0.235. The van der Waals surface area contributed by atoms with E-state index in [1.165, 1.54) is 12.1 Å². The number of alkyl halides is 3. The Balaban J connectivity index is 2.26. The van der Waals surface area contributed by atoms with Crippen molar-refractivity contribution in [3.8, 4) is 0 Å². The van der Waals surface area contributed by atoms with Crippen molar-refractivity contribution in [1.82, 2.24) is 0 Å². The smallest absolute Gasteiger partial charge is 0.391 e. The molecule has 0 unspecified atom stereocenters. The molecule has 0 aliphatic carbocycles. The number of benzene rings is 2. The van der Waals surface area contributed by atoms with Crippen LogP contribution in [0.1, 0.15) is 30.0 Å². The minimum Gasteiger partial charge on any atom is -0.391 e. The molecular weight excluding hydrogens is 362 g/mol. The third-order valence-electron chi connectivity index (χ3n) is 3.23. The van der Waals surface area contributed by atoms with Crippen LogP contribution in [0.2, 0.25) is 10.0 Å². The molecule has 0 heterocycles. The molecule has 2 aromatic carbocycles. The lowest BCUT2D eigenvalue weighted by molar-refractivity contribution is -0.137. The normalized spacial score (nSPS) is 12.3. The van der Waals surface area contributed by atoms with Gasteiger partial charge >= 0.3 is 6.18 Å². The molecular formula is C17H14Cl2F3NO. The molecule has 24 heavy (non-hydrogen) atoms. The predicted octanol–water partition coefficient (Wildman–Crippen LogP) is 6.34. The molecule has 0 amide bonds. The van der Waals surface area contributed by atoms with E-state index in [1.807, 2.05) is 0 Å². The molecule has 0 radical (unpaired) electrons. The van der Waals surface area contributed by atoms with Gasteiger partial charge in [0.25, 0.3) is 0 Å². The molecule has 2 rings (SSSR count). The molecule has 128 valence electrons. The highest BCUT2D eigenvalue weighted by Gasteiger charge is 2.34. The molecule has 0 aliphatic rings. The van der Waals surface area contributed by atoms with Gasteiger partial charge in [-0.3, -0.25) is 0 Å². The molecule has 2 nitrogen and oxygen atoms in total. The Morgan fingerprint density at radius 3 is 2.42 bits per heavy atom. The topological polar surface area (TPSA) is 21.6 Å². The second-order valence-electron chi connectivity index (χ2n) is 4.98. The zero-order valence-electron chi connectivity index (χ0n) is 12.7. The molecule has 0 saturated heterocycles. The number of halogens is 5. The maximum atomic E-state index is 13.2. The van der Waals surface area contributed by atoms with Gasteiger partial charge in [-0.2, -0.15) is 13.2 Å². The maximum absolute atomic E-state index is 13.2. The monoisotopic (exact) mass is 375 g/mol. The van der Waals surface area contributed by atoms with Gasteiger partial charge in [0.05, 0.1) is 11.3 Å². The molecule has 0 atom stereocenters. The van der Waals surface area contributed by atoms with Crippen LogP contribution in [0.3, 0.4) is 0 Å². The lowest BCUT2D eigenvalue weighted by Crippen LogP contribution is -2.13. The van der Waals surface area contributed by atoms with E-state index in [1.54, 1.807) is 31.2 Å². The number of oxime groups is 1. The Hall–Kier alpha value is -1.72. The molecule has 0 bridgehead atoms. The summed E-state index contributed by atoms with van der Waals surface area (Å²) >= 11 is 11.7. The lowest BCUT2D eigenvalue weighted by atomic mass is 10.0. The fourth-order valence-electron chi connectivity index (χ4n) is 2.12. The number of hydrogen-bond acceptors (Lipinski definition) is 2. The zero-order chi connectivity index (χ0) is 17.7. The Kier molecular flexibility index (Phi) is 6.13. The highest BCUT2D eigenvalue weighted by molar-refractivity contribution is 6.31. The van der Waals surface area contributed by atoms with Gasteiger partial charge in [0.15, 0.2) is 0 Å². The standard InChI is InChI=1S/C17H14Cl2F3NO/c1-2-16(23-24-10-11-4-3-5-12(18)8-11)14-9-13(19)6-7-15(14)17(20,21)22/h3-9H,2,10H2,1H3/b23-16+. The van der Waals surface area contributed by atoms with E-state index in [0.717, 1.165) is 11.6 Å². The van der Waals surface area contributed by atoms with Gasteiger partial charge in [-0.15, -0.1) is 0 Å². The summed E-state index contributed by atoms with van der Waals surface area (Å²) in [6.07, 6.45) is -4.23. The van der Waals surface area contributed by atoms with Crippen LogP contribution in [0.5, 0.6) is 0 Å². The van der Waals surface area contributed by atoms with E-state index in [4.69, 9.17) is 28.0 Å². The third kappa shape index (κ3) is 4.89. The summed E-state index contributed by atoms with van der Waals surface area (Å²) in [5, 5.41) is 4.62. The molecule has 2 aromatic rings. The first-order chi connectivity index (χ1) is 11.3. The first kappa shape index (κ1) is 18.6. The molecule has 0 spiro atoms. The van der Waals surface area contributed by atoms with E-state index >= 15 is 0 Å². The average Bonchev–Trinajstić information content (AvgIpc) is 2.50. The van der Waals surface area contributed by atoms with Gasteiger partial charge in [-0.25, -0.2) is 0 Å². The number of rotatable bonds is 5. The molecule has 0 aliphatic heterocycles. The highest BCUT2D eigenvalue weighted by Crippen LogP contribution is 2.34.